The van der Waals surface area contributed by atoms with E-state index in [1.807, 2.05) is 36.6 Å². The highest BCUT2D eigenvalue weighted by Crippen LogP contribution is 2.24. The van der Waals surface area contributed by atoms with Gasteiger partial charge in [0.25, 0.3) is 0 Å². The summed E-state index contributed by atoms with van der Waals surface area (Å²) >= 11 is 4.63. The van der Waals surface area contributed by atoms with E-state index in [4.69, 9.17) is 0 Å². The molecule has 0 unspecified atom stereocenters. The maximum atomic E-state index is 12.1. The Kier molecular flexibility index (Phi) is 5.37. The maximum absolute atomic E-state index is 12.1. The van der Waals surface area contributed by atoms with Crippen LogP contribution in [0.15, 0.2) is 39.5 Å². The van der Waals surface area contributed by atoms with Gasteiger partial charge >= 0.3 is 0 Å². The summed E-state index contributed by atoms with van der Waals surface area (Å²) in [6.07, 6.45) is 0.294. The van der Waals surface area contributed by atoms with Crippen LogP contribution in [0, 0.1) is 6.92 Å². The largest absolute Gasteiger partial charge is 0.326 e. The molecule has 3 rings (SSSR count). The average molecular weight is 363 g/mol. The highest BCUT2D eigenvalue weighted by Gasteiger charge is 2.09. The summed E-state index contributed by atoms with van der Waals surface area (Å²) in [6, 6.07) is 7.75. The Hall–Kier alpha value is -1.77. The lowest BCUT2D eigenvalue weighted by Gasteiger charge is -2.04. The lowest BCUT2D eigenvalue weighted by Crippen LogP contribution is -2.14. The third kappa shape index (κ3) is 4.85. The number of thioether (sulfide) groups is 1. The minimum absolute atomic E-state index is 0.0495. The molecule has 5 nitrogen and oxygen atoms in total. The molecule has 0 saturated heterocycles. The van der Waals surface area contributed by atoms with E-state index in [1.165, 1.54) is 28.2 Å². The second-order valence-electron chi connectivity index (χ2n) is 4.82. The van der Waals surface area contributed by atoms with Gasteiger partial charge < -0.3 is 5.32 Å². The number of carbonyl (C=O) groups excluding carboxylic acids is 1. The number of nitrogens with zero attached hydrogens (tertiary/aromatic N) is 3. The Balaban J connectivity index is 1.51. The van der Waals surface area contributed by atoms with Gasteiger partial charge in [0.15, 0.2) is 4.34 Å². The summed E-state index contributed by atoms with van der Waals surface area (Å²) < 4.78 is 0.927. The Morgan fingerprint density at radius 3 is 2.83 bits per heavy atom. The highest BCUT2D eigenvalue weighted by molar-refractivity contribution is 8.00. The van der Waals surface area contributed by atoms with Crippen LogP contribution in [0.4, 0.5) is 5.69 Å². The molecule has 3 aromatic rings. The van der Waals surface area contributed by atoms with Crippen LogP contribution in [0.2, 0.25) is 0 Å². The van der Waals surface area contributed by atoms with Gasteiger partial charge in [-0.15, -0.1) is 21.5 Å². The number of aromatic nitrogens is 3. The van der Waals surface area contributed by atoms with E-state index >= 15 is 0 Å². The fourth-order valence-electron chi connectivity index (χ4n) is 1.84. The number of hydrogen-bond acceptors (Lipinski definition) is 7. The molecule has 2 aromatic heterocycles. The van der Waals surface area contributed by atoms with E-state index in [-0.39, 0.29) is 5.91 Å². The van der Waals surface area contributed by atoms with Gasteiger partial charge in [-0.25, -0.2) is 4.98 Å². The average Bonchev–Trinajstić information content (AvgIpc) is 3.19. The van der Waals surface area contributed by atoms with Crippen LogP contribution in [0.1, 0.15) is 16.3 Å². The van der Waals surface area contributed by atoms with E-state index in [9.17, 15) is 4.79 Å². The highest BCUT2D eigenvalue weighted by atomic mass is 32.2. The van der Waals surface area contributed by atoms with Crippen molar-refractivity contribution in [3.05, 3.63) is 51.4 Å². The van der Waals surface area contributed by atoms with Gasteiger partial charge in [0.2, 0.25) is 5.91 Å². The molecule has 0 aliphatic carbocycles. The molecular formula is C15H14N4OS3. The van der Waals surface area contributed by atoms with E-state index < -0.39 is 0 Å². The van der Waals surface area contributed by atoms with Gasteiger partial charge in [0.1, 0.15) is 10.5 Å². The minimum atomic E-state index is -0.0495. The van der Waals surface area contributed by atoms with Crippen molar-refractivity contribution in [1.29, 1.82) is 0 Å². The van der Waals surface area contributed by atoms with E-state index in [0.29, 0.717) is 6.42 Å². The van der Waals surface area contributed by atoms with Crippen LogP contribution in [0.25, 0.3) is 0 Å². The molecule has 1 N–H and O–H groups in total. The number of amides is 1. The van der Waals surface area contributed by atoms with Crippen LogP contribution < -0.4 is 5.32 Å². The van der Waals surface area contributed by atoms with Crippen molar-refractivity contribution in [2.24, 2.45) is 0 Å². The Morgan fingerprint density at radius 1 is 1.26 bits per heavy atom. The lowest BCUT2D eigenvalue weighted by molar-refractivity contribution is -0.115. The van der Waals surface area contributed by atoms with Crippen LogP contribution in [0.3, 0.4) is 0 Å². The smallest absolute Gasteiger partial charge is 0.231 e. The molecule has 0 atom stereocenters. The second kappa shape index (κ2) is 7.67. The van der Waals surface area contributed by atoms with E-state index in [2.05, 4.69) is 20.5 Å². The Morgan fingerprint density at radius 2 is 2.09 bits per heavy atom. The predicted octanol–water partition coefficient (Wildman–Crippen LogP) is 3.78. The molecule has 0 radical (unpaired) electrons. The summed E-state index contributed by atoms with van der Waals surface area (Å²) in [5.74, 6) is 0.692. The van der Waals surface area contributed by atoms with Crippen molar-refractivity contribution >= 4 is 46.0 Å². The fourth-order valence-corrected chi connectivity index (χ4v) is 4.12. The zero-order valence-electron chi connectivity index (χ0n) is 12.4. The fraction of sp³-hybridized carbons (Fsp3) is 0.200. The van der Waals surface area contributed by atoms with Crippen molar-refractivity contribution in [3.63, 3.8) is 0 Å². The first-order chi connectivity index (χ1) is 11.2. The van der Waals surface area contributed by atoms with Gasteiger partial charge in [-0.05, 0) is 19.1 Å². The maximum Gasteiger partial charge on any atom is 0.231 e. The number of carbonyl (C=O) groups is 1. The molecule has 118 valence electrons. The van der Waals surface area contributed by atoms with Gasteiger partial charge in [-0.3, -0.25) is 4.79 Å². The lowest BCUT2D eigenvalue weighted by atomic mass is 10.2. The molecule has 0 spiro atoms. The first-order valence-electron chi connectivity index (χ1n) is 6.88. The van der Waals surface area contributed by atoms with Crippen molar-refractivity contribution < 1.29 is 4.79 Å². The SMILES string of the molecule is Cc1ccc(NC(=O)Cc2nc(CSc3nncs3)cs2)cc1. The molecule has 0 fully saturated rings. The first-order valence-corrected chi connectivity index (χ1v) is 9.62. The monoisotopic (exact) mass is 362 g/mol. The third-order valence-corrected chi connectivity index (χ3v) is 5.72. The number of rotatable bonds is 6. The van der Waals surface area contributed by atoms with Gasteiger partial charge in [0, 0.05) is 16.8 Å². The van der Waals surface area contributed by atoms with Crippen LogP contribution >= 0.6 is 34.4 Å². The number of benzene rings is 1. The van der Waals surface area contributed by atoms with Crippen molar-refractivity contribution in [3.8, 4) is 0 Å². The molecule has 0 saturated carbocycles. The van der Waals surface area contributed by atoms with E-state index in [1.54, 1.807) is 17.3 Å². The standard InChI is InChI=1S/C15H14N4OS3/c1-10-2-4-11(5-3-10)17-13(20)6-14-18-12(7-21-14)8-22-15-19-16-9-23-15/h2-5,7,9H,6,8H2,1H3,(H,17,20). The third-order valence-electron chi connectivity index (χ3n) is 2.93. The summed E-state index contributed by atoms with van der Waals surface area (Å²) in [6.45, 7) is 2.02. The summed E-state index contributed by atoms with van der Waals surface area (Å²) in [5.41, 5.74) is 4.66. The number of aryl methyl sites for hydroxylation is 1. The zero-order chi connectivity index (χ0) is 16.1. The van der Waals surface area contributed by atoms with Crippen LogP contribution in [-0.2, 0) is 17.0 Å². The molecule has 0 aliphatic heterocycles. The van der Waals surface area contributed by atoms with E-state index in [0.717, 1.165) is 26.5 Å². The molecule has 1 amide bonds. The Bertz CT molecular complexity index is 768. The number of thiazole rings is 1. The molecule has 0 aliphatic rings. The minimum Gasteiger partial charge on any atom is -0.326 e. The van der Waals surface area contributed by atoms with Crippen molar-refractivity contribution in [2.75, 3.05) is 5.32 Å². The first kappa shape index (κ1) is 16.1. The zero-order valence-corrected chi connectivity index (χ0v) is 14.8. The quantitative estimate of drug-likeness (QED) is 0.676. The summed E-state index contributed by atoms with van der Waals surface area (Å²) in [4.78, 5) is 16.6. The molecule has 23 heavy (non-hydrogen) atoms. The van der Waals surface area contributed by atoms with Crippen molar-refractivity contribution in [2.45, 2.75) is 23.4 Å². The van der Waals surface area contributed by atoms with Crippen LogP contribution in [-0.4, -0.2) is 21.1 Å². The predicted molar refractivity (Wildman–Crippen MR) is 95.1 cm³/mol. The van der Waals surface area contributed by atoms with Gasteiger partial charge in [-0.2, -0.15) is 0 Å². The molecule has 2 heterocycles. The molecule has 8 heteroatoms. The van der Waals surface area contributed by atoms with Gasteiger partial charge in [-0.1, -0.05) is 40.8 Å². The number of nitrogens with one attached hydrogen (secondary N) is 1. The number of anilines is 1. The Labute approximate surface area is 146 Å². The normalized spacial score (nSPS) is 10.7. The number of hydrogen-bond donors (Lipinski definition) is 1. The molecular weight excluding hydrogens is 348 g/mol. The van der Waals surface area contributed by atoms with Gasteiger partial charge in [0.05, 0.1) is 12.1 Å². The van der Waals surface area contributed by atoms with Crippen molar-refractivity contribution in [1.82, 2.24) is 15.2 Å². The topological polar surface area (TPSA) is 67.8 Å². The summed E-state index contributed by atoms with van der Waals surface area (Å²) in [7, 11) is 0. The second-order valence-corrected chi connectivity index (χ2v) is 7.82. The summed E-state index contributed by atoms with van der Waals surface area (Å²) in [5, 5.41) is 13.5. The molecule has 0 bridgehead atoms. The van der Waals surface area contributed by atoms with Crippen LogP contribution in [0.5, 0.6) is 0 Å². The molecule has 1 aromatic carbocycles.